The number of methoxy groups -OCH3 is 1. The number of benzene rings is 3. The third kappa shape index (κ3) is 7.46. The number of aromatic hydroxyl groups is 4. The van der Waals surface area contributed by atoms with Gasteiger partial charge in [0, 0.05) is 6.08 Å². The molecule has 1 aliphatic rings. The van der Waals surface area contributed by atoms with Gasteiger partial charge in [-0.2, -0.15) is 0 Å². The number of aliphatic hydroxyl groups is 3. The van der Waals surface area contributed by atoms with Crippen LogP contribution in [0.1, 0.15) is 21.5 Å². The summed E-state index contributed by atoms with van der Waals surface area (Å²) in [5, 5.41) is 71.3. The average molecular weight is 611 g/mol. The maximum atomic E-state index is 12.7. The molecule has 3 aromatic carbocycles. The van der Waals surface area contributed by atoms with Crippen molar-refractivity contribution in [3.05, 3.63) is 83.4 Å². The summed E-state index contributed by atoms with van der Waals surface area (Å²) in [5.74, 6) is -3.50. The highest BCUT2D eigenvalue weighted by Crippen LogP contribution is 2.40. The van der Waals surface area contributed by atoms with E-state index in [0.717, 1.165) is 24.3 Å². The Morgan fingerprint density at radius 3 is 2.14 bits per heavy atom. The molecule has 1 fully saturated rings. The normalized spacial score (nSPS) is 21.8. The van der Waals surface area contributed by atoms with E-state index in [1.165, 1.54) is 43.5 Å². The minimum absolute atomic E-state index is 0.0547. The molecule has 232 valence electrons. The van der Waals surface area contributed by atoms with Crippen LogP contribution in [-0.4, -0.2) is 91.9 Å². The molecule has 0 amide bonds. The Balaban J connectivity index is 1.40. The number of carbonyl (C=O) groups excluding carboxylic acids is 2. The summed E-state index contributed by atoms with van der Waals surface area (Å²) in [6.45, 7) is -0.549. The van der Waals surface area contributed by atoms with Gasteiger partial charge in [-0.05, 0) is 59.7 Å². The van der Waals surface area contributed by atoms with Crippen molar-refractivity contribution in [2.45, 2.75) is 30.7 Å². The molecule has 44 heavy (non-hydrogen) atoms. The maximum Gasteiger partial charge on any atom is 0.330 e. The Labute approximate surface area is 250 Å². The molecular formula is C31H30O13. The number of phenolic OH excluding ortho intramolecular Hbond substituents is 4. The van der Waals surface area contributed by atoms with Crippen molar-refractivity contribution in [1.29, 1.82) is 0 Å². The van der Waals surface area contributed by atoms with E-state index in [1.54, 1.807) is 18.2 Å². The Morgan fingerprint density at radius 2 is 1.45 bits per heavy atom. The minimum atomic E-state index is -1.82. The van der Waals surface area contributed by atoms with Crippen molar-refractivity contribution < 1.29 is 64.3 Å². The smallest absolute Gasteiger partial charge is 0.330 e. The molecule has 0 saturated carbocycles. The van der Waals surface area contributed by atoms with E-state index in [0.29, 0.717) is 11.1 Å². The lowest BCUT2D eigenvalue weighted by molar-refractivity contribution is -0.278. The maximum absolute atomic E-state index is 12.7. The fourth-order valence-electron chi connectivity index (χ4n) is 4.17. The lowest BCUT2D eigenvalue weighted by Crippen LogP contribution is -2.60. The van der Waals surface area contributed by atoms with E-state index >= 15 is 0 Å². The van der Waals surface area contributed by atoms with Crippen LogP contribution in [0.5, 0.6) is 34.5 Å². The molecule has 3 aromatic rings. The molecule has 0 bridgehead atoms. The van der Waals surface area contributed by atoms with Gasteiger partial charge in [-0.3, -0.25) is 4.79 Å². The fraction of sp³-hybridized carbons (Fsp3) is 0.226. The van der Waals surface area contributed by atoms with Crippen molar-refractivity contribution in [2.75, 3.05) is 13.7 Å². The third-order valence-corrected chi connectivity index (χ3v) is 6.62. The van der Waals surface area contributed by atoms with Crippen LogP contribution >= 0.6 is 0 Å². The highest BCUT2D eigenvalue weighted by Gasteiger charge is 2.45. The van der Waals surface area contributed by atoms with E-state index in [1.807, 2.05) is 0 Å². The zero-order valence-corrected chi connectivity index (χ0v) is 23.2. The molecule has 0 spiro atoms. The van der Waals surface area contributed by atoms with Crippen LogP contribution < -0.4 is 9.47 Å². The SMILES string of the molecule is COc1ccc(/C=C/C(=O)c2ccc(O[C@@H]3O[C@H](COC(=O)/C=C/c4ccc(O)cc4)[C@@H](O)[C@H](O)[C@H]3O)c(O)c2O)cc1O. The second kappa shape index (κ2) is 13.9. The van der Waals surface area contributed by atoms with Crippen molar-refractivity contribution in [3.8, 4) is 34.5 Å². The van der Waals surface area contributed by atoms with E-state index in [-0.39, 0.29) is 22.8 Å². The molecule has 1 saturated heterocycles. The summed E-state index contributed by atoms with van der Waals surface area (Å²) < 4.78 is 21.0. The second-order valence-corrected chi connectivity index (χ2v) is 9.62. The van der Waals surface area contributed by atoms with E-state index in [9.17, 15) is 45.3 Å². The fourth-order valence-corrected chi connectivity index (χ4v) is 4.17. The van der Waals surface area contributed by atoms with Crippen LogP contribution in [0.4, 0.5) is 0 Å². The van der Waals surface area contributed by atoms with Crippen LogP contribution in [0.3, 0.4) is 0 Å². The van der Waals surface area contributed by atoms with Crippen molar-refractivity contribution in [3.63, 3.8) is 0 Å². The van der Waals surface area contributed by atoms with Gasteiger partial charge in [0.25, 0.3) is 0 Å². The highest BCUT2D eigenvalue weighted by atomic mass is 16.7. The van der Waals surface area contributed by atoms with Gasteiger partial charge in [0.2, 0.25) is 12.0 Å². The van der Waals surface area contributed by atoms with Crippen LogP contribution in [0.2, 0.25) is 0 Å². The van der Waals surface area contributed by atoms with E-state index in [2.05, 4.69) is 0 Å². The molecule has 1 heterocycles. The highest BCUT2D eigenvalue weighted by molar-refractivity contribution is 6.09. The molecule has 5 atom stereocenters. The van der Waals surface area contributed by atoms with Crippen LogP contribution in [0.25, 0.3) is 12.2 Å². The second-order valence-electron chi connectivity index (χ2n) is 9.62. The van der Waals surface area contributed by atoms with Gasteiger partial charge < -0.3 is 54.7 Å². The topological polar surface area (TPSA) is 213 Å². The first-order chi connectivity index (χ1) is 21.0. The van der Waals surface area contributed by atoms with Gasteiger partial charge in [-0.15, -0.1) is 0 Å². The minimum Gasteiger partial charge on any atom is -0.508 e. The number of hydrogen-bond acceptors (Lipinski definition) is 13. The van der Waals surface area contributed by atoms with Gasteiger partial charge in [0.05, 0.1) is 12.7 Å². The molecule has 13 nitrogen and oxygen atoms in total. The van der Waals surface area contributed by atoms with Gasteiger partial charge in [-0.1, -0.05) is 24.3 Å². The number of ketones is 1. The number of phenols is 4. The zero-order chi connectivity index (χ0) is 32.0. The quantitative estimate of drug-likeness (QED) is 0.0757. The van der Waals surface area contributed by atoms with E-state index < -0.39 is 66.3 Å². The van der Waals surface area contributed by atoms with Gasteiger partial charge in [-0.25, -0.2) is 4.79 Å². The molecule has 0 radical (unpaired) electrons. The van der Waals surface area contributed by atoms with Crippen molar-refractivity contribution in [1.82, 2.24) is 0 Å². The standard InChI is InChI=1S/C31H30O13/c1-41-22-11-5-17(14-21(22)34)4-10-20(33)19-9-12-23(27(37)26(19)36)43-31-30(40)29(39)28(38)24(44-31)15-42-25(35)13-6-16-2-7-18(32)8-3-16/h2-14,24,28-32,34,36-40H,15H2,1H3/b10-4+,13-6+/t24-,28-,29+,30-,31-/m1/s1. The van der Waals surface area contributed by atoms with E-state index in [4.69, 9.17) is 18.9 Å². The summed E-state index contributed by atoms with van der Waals surface area (Å²) >= 11 is 0. The molecule has 0 aliphatic carbocycles. The number of esters is 1. The molecule has 7 N–H and O–H groups in total. The molecule has 4 rings (SSSR count). The molecule has 13 heteroatoms. The third-order valence-electron chi connectivity index (χ3n) is 6.62. The van der Waals surface area contributed by atoms with Gasteiger partial charge in [0.15, 0.2) is 28.8 Å². The number of ether oxygens (including phenoxy) is 4. The molecule has 0 aromatic heterocycles. The first kappa shape index (κ1) is 31.8. The number of carbonyl (C=O) groups is 2. The first-order valence-electron chi connectivity index (χ1n) is 13.1. The summed E-state index contributed by atoms with van der Waals surface area (Å²) in [6.07, 6.45) is -3.36. The van der Waals surface area contributed by atoms with Crippen LogP contribution in [0, 0.1) is 0 Å². The predicted octanol–water partition coefficient (Wildman–Crippen LogP) is 1.86. The molecule has 0 unspecified atom stereocenters. The Bertz CT molecular complexity index is 1550. The summed E-state index contributed by atoms with van der Waals surface area (Å²) in [6, 6.07) is 12.7. The number of allylic oxidation sites excluding steroid dienone is 1. The van der Waals surface area contributed by atoms with Gasteiger partial charge >= 0.3 is 5.97 Å². The first-order valence-corrected chi connectivity index (χ1v) is 13.1. The zero-order valence-electron chi connectivity index (χ0n) is 23.2. The average Bonchev–Trinajstić information content (AvgIpc) is 3.01. The summed E-state index contributed by atoms with van der Waals surface area (Å²) in [7, 11) is 1.39. The molecular weight excluding hydrogens is 580 g/mol. The Hall–Kier alpha value is -5.08. The molecule has 1 aliphatic heterocycles. The van der Waals surface area contributed by atoms with Crippen LogP contribution in [-0.2, 0) is 14.3 Å². The van der Waals surface area contributed by atoms with Crippen molar-refractivity contribution >= 4 is 23.9 Å². The predicted molar refractivity (Wildman–Crippen MR) is 153 cm³/mol. The lowest BCUT2D eigenvalue weighted by atomic mass is 9.99. The number of rotatable bonds is 10. The summed E-state index contributed by atoms with van der Waals surface area (Å²) in [4.78, 5) is 24.8. The largest absolute Gasteiger partial charge is 0.508 e. The van der Waals surface area contributed by atoms with Crippen molar-refractivity contribution in [2.24, 2.45) is 0 Å². The summed E-state index contributed by atoms with van der Waals surface area (Å²) in [5.41, 5.74) is 0.762. The lowest BCUT2D eigenvalue weighted by Gasteiger charge is -2.39. The van der Waals surface area contributed by atoms with Crippen LogP contribution in [0.15, 0.2) is 66.7 Å². The Kier molecular flexibility index (Phi) is 10.1. The Morgan fingerprint density at radius 1 is 0.795 bits per heavy atom. The number of aliphatic hydroxyl groups excluding tert-OH is 3. The number of hydrogen-bond donors (Lipinski definition) is 7. The monoisotopic (exact) mass is 610 g/mol. The van der Waals surface area contributed by atoms with Gasteiger partial charge in [0.1, 0.15) is 36.8 Å².